The largest absolute Gasteiger partial charge is 0.416 e. The van der Waals surface area contributed by atoms with Gasteiger partial charge in [0.15, 0.2) is 11.1 Å². The van der Waals surface area contributed by atoms with Crippen LogP contribution in [0.25, 0.3) is 10.1 Å². The van der Waals surface area contributed by atoms with Gasteiger partial charge in [-0.15, -0.1) is 11.3 Å². The van der Waals surface area contributed by atoms with E-state index in [-0.39, 0.29) is 22.7 Å². The summed E-state index contributed by atoms with van der Waals surface area (Å²) in [6, 6.07) is 3.23. The van der Waals surface area contributed by atoms with E-state index >= 15 is 0 Å². The Kier molecular flexibility index (Phi) is 7.30. The summed E-state index contributed by atoms with van der Waals surface area (Å²) >= 11 is -0.593. The summed E-state index contributed by atoms with van der Waals surface area (Å²) in [5.41, 5.74) is -0.525. The van der Waals surface area contributed by atoms with E-state index in [1.54, 1.807) is 6.92 Å². The maximum atomic E-state index is 13.2. The Hall–Kier alpha value is -1.01. The third-order valence-corrected chi connectivity index (χ3v) is 8.36. The van der Waals surface area contributed by atoms with Gasteiger partial charge in [-0.1, -0.05) is 6.92 Å². The molecule has 0 saturated carbocycles. The SMILES string of the molecule is CCCN(C[C@H](C)OS(C)=O)S(=O)(=O)c1sc2ccc(C(F)(F)F)cc2c1C. The zero-order valence-corrected chi connectivity index (χ0v) is 18.3. The number of thiophene rings is 1. The Bertz CT molecular complexity index is 970. The molecule has 5 nitrogen and oxygen atoms in total. The summed E-state index contributed by atoms with van der Waals surface area (Å²) in [5.74, 6) is 0. The van der Waals surface area contributed by atoms with Crippen LogP contribution in [0.15, 0.2) is 22.4 Å². The molecule has 1 aromatic heterocycles. The van der Waals surface area contributed by atoms with Crippen LogP contribution in [-0.2, 0) is 31.5 Å². The molecule has 0 saturated heterocycles. The second-order valence-electron chi connectivity index (χ2n) is 6.39. The van der Waals surface area contributed by atoms with Gasteiger partial charge in [0, 0.05) is 24.0 Å². The second-order valence-corrected chi connectivity index (χ2v) is 10.6. The highest BCUT2D eigenvalue weighted by atomic mass is 32.2. The van der Waals surface area contributed by atoms with Gasteiger partial charge >= 0.3 is 6.18 Å². The van der Waals surface area contributed by atoms with E-state index in [1.165, 1.54) is 23.6 Å². The number of hydrogen-bond donors (Lipinski definition) is 0. The fraction of sp³-hybridized carbons (Fsp3) is 0.529. The zero-order valence-electron chi connectivity index (χ0n) is 15.9. The highest BCUT2D eigenvalue weighted by Crippen LogP contribution is 2.39. The maximum absolute atomic E-state index is 13.2. The molecule has 28 heavy (non-hydrogen) atoms. The lowest BCUT2D eigenvalue weighted by Crippen LogP contribution is -2.38. The average molecular weight is 458 g/mol. The van der Waals surface area contributed by atoms with Gasteiger partial charge in [0.2, 0.25) is 0 Å². The summed E-state index contributed by atoms with van der Waals surface area (Å²) in [6.45, 7) is 5.16. The van der Waals surface area contributed by atoms with E-state index in [9.17, 15) is 25.8 Å². The van der Waals surface area contributed by atoms with Crippen LogP contribution < -0.4 is 0 Å². The molecule has 0 aliphatic heterocycles. The number of fused-ring (bicyclic) bond motifs is 1. The number of sulfonamides is 1. The Morgan fingerprint density at radius 1 is 1.32 bits per heavy atom. The van der Waals surface area contributed by atoms with Crippen molar-refractivity contribution in [1.82, 2.24) is 4.31 Å². The van der Waals surface area contributed by atoms with Gasteiger partial charge in [-0.05, 0) is 49.4 Å². The van der Waals surface area contributed by atoms with Crippen molar-refractivity contribution in [2.24, 2.45) is 0 Å². The second kappa shape index (κ2) is 8.78. The Balaban J connectivity index is 2.48. The minimum atomic E-state index is -4.50. The van der Waals surface area contributed by atoms with Crippen LogP contribution in [0.5, 0.6) is 0 Å². The highest BCUT2D eigenvalue weighted by molar-refractivity contribution is 7.91. The van der Waals surface area contributed by atoms with Gasteiger partial charge in [-0.25, -0.2) is 12.6 Å². The van der Waals surface area contributed by atoms with Crippen molar-refractivity contribution >= 4 is 42.5 Å². The molecule has 1 unspecified atom stereocenters. The number of alkyl halides is 3. The summed E-state index contributed by atoms with van der Waals surface area (Å²) in [4.78, 5) is 0. The number of halogens is 3. The molecule has 0 aliphatic carbocycles. The smallest absolute Gasteiger partial charge is 0.286 e. The molecule has 0 N–H and O–H groups in total. The number of nitrogens with zero attached hydrogens (tertiary/aromatic N) is 1. The fourth-order valence-corrected chi connectivity index (χ4v) is 6.86. The topological polar surface area (TPSA) is 63.7 Å². The molecule has 11 heteroatoms. The predicted octanol–water partition coefficient (Wildman–Crippen LogP) is 4.33. The van der Waals surface area contributed by atoms with E-state index in [1.807, 2.05) is 6.92 Å². The van der Waals surface area contributed by atoms with Gasteiger partial charge in [0.25, 0.3) is 10.0 Å². The Morgan fingerprint density at radius 3 is 2.50 bits per heavy atom. The summed E-state index contributed by atoms with van der Waals surface area (Å²) < 4.78 is 83.5. The monoisotopic (exact) mass is 457 g/mol. The Labute approximate surface area is 169 Å². The molecule has 158 valence electrons. The molecule has 2 aromatic rings. The van der Waals surface area contributed by atoms with Gasteiger partial charge in [0.1, 0.15) is 4.21 Å². The van der Waals surface area contributed by atoms with Crippen LogP contribution in [0, 0.1) is 6.92 Å². The molecule has 0 fully saturated rings. The van der Waals surface area contributed by atoms with Crippen LogP contribution in [0.3, 0.4) is 0 Å². The van der Waals surface area contributed by atoms with E-state index in [0.717, 1.165) is 23.5 Å². The lowest BCUT2D eigenvalue weighted by atomic mass is 10.1. The molecule has 0 spiro atoms. The van der Waals surface area contributed by atoms with Crippen molar-refractivity contribution in [3.63, 3.8) is 0 Å². The first kappa shape index (κ1) is 23.3. The number of hydrogen-bond acceptors (Lipinski definition) is 5. The first-order valence-corrected chi connectivity index (χ1v) is 12.2. The molecule has 0 radical (unpaired) electrons. The van der Waals surface area contributed by atoms with E-state index in [2.05, 4.69) is 0 Å². The lowest BCUT2D eigenvalue weighted by molar-refractivity contribution is -0.137. The van der Waals surface area contributed by atoms with Crippen molar-refractivity contribution in [1.29, 1.82) is 0 Å². The maximum Gasteiger partial charge on any atom is 0.416 e. The molecule has 1 aromatic carbocycles. The van der Waals surface area contributed by atoms with E-state index in [0.29, 0.717) is 16.7 Å². The van der Waals surface area contributed by atoms with Crippen molar-refractivity contribution < 1.29 is 30.0 Å². The van der Waals surface area contributed by atoms with Crippen molar-refractivity contribution in [2.45, 2.75) is 43.7 Å². The molecular formula is C17H22F3NO4S3. The molecule has 0 amide bonds. The molecule has 2 rings (SSSR count). The van der Waals surface area contributed by atoms with E-state index < -0.39 is 38.9 Å². The Morgan fingerprint density at radius 2 is 1.96 bits per heavy atom. The van der Waals surface area contributed by atoms with E-state index in [4.69, 9.17) is 4.18 Å². The first-order valence-electron chi connectivity index (χ1n) is 8.49. The van der Waals surface area contributed by atoms with Crippen LogP contribution >= 0.6 is 11.3 Å². The summed E-state index contributed by atoms with van der Waals surface area (Å²) in [7, 11) is -3.94. The molecule has 2 atom stereocenters. The van der Waals surface area contributed by atoms with Crippen molar-refractivity contribution in [3.8, 4) is 0 Å². The van der Waals surface area contributed by atoms with Gasteiger partial charge < -0.3 is 0 Å². The zero-order chi connectivity index (χ0) is 21.3. The molecule has 0 bridgehead atoms. The molecule has 1 heterocycles. The minimum absolute atomic E-state index is 0.00274. The summed E-state index contributed by atoms with van der Waals surface area (Å²) in [5, 5.41) is 0.272. The predicted molar refractivity (Wildman–Crippen MR) is 105 cm³/mol. The van der Waals surface area contributed by atoms with Crippen LogP contribution in [0.1, 0.15) is 31.4 Å². The van der Waals surface area contributed by atoms with Crippen LogP contribution in [0.4, 0.5) is 13.2 Å². The van der Waals surface area contributed by atoms with Crippen LogP contribution in [0.2, 0.25) is 0 Å². The number of benzene rings is 1. The van der Waals surface area contributed by atoms with Crippen molar-refractivity contribution in [2.75, 3.05) is 19.3 Å². The normalized spacial score (nSPS) is 15.3. The fourth-order valence-electron chi connectivity index (χ4n) is 2.85. The summed E-state index contributed by atoms with van der Waals surface area (Å²) in [6.07, 6.45) is -3.20. The number of aryl methyl sites for hydroxylation is 1. The third kappa shape index (κ3) is 5.12. The quantitative estimate of drug-likeness (QED) is 0.592. The third-order valence-electron chi connectivity index (χ3n) is 4.03. The van der Waals surface area contributed by atoms with Gasteiger partial charge in [-0.2, -0.15) is 17.5 Å². The minimum Gasteiger partial charge on any atom is -0.286 e. The molecular weight excluding hydrogens is 435 g/mol. The number of rotatable bonds is 8. The van der Waals surface area contributed by atoms with Crippen LogP contribution in [-0.4, -0.2) is 42.4 Å². The van der Waals surface area contributed by atoms with Crippen molar-refractivity contribution in [3.05, 3.63) is 29.3 Å². The molecule has 0 aliphatic rings. The highest BCUT2D eigenvalue weighted by Gasteiger charge is 2.33. The van der Waals surface area contributed by atoms with Gasteiger partial charge in [-0.3, -0.25) is 4.18 Å². The standard InChI is InChI=1S/C17H22F3NO4S3/c1-5-8-21(10-11(2)25-27(4)22)28(23,24)16-12(3)14-9-13(17(18,19)20)6-7-15(14)26-16/h6-7,9,11H,5,8,10H2,1-4H3/t11-,27?/m0/s1. The average Bonchev–Trinajstić information content (AvgIpc) is 2.90. The first-order chi connectivity index (χ1) is 12.9. The lowest BCUT2D eigenvalue weighted by Gasteiger charge is -2.24. The van der Waals surface area contributed by atoms with Gasteiger partial charge in [0.05, 0.1) is 11.7 Å².